The summed E-state index contributed by atoms with van der Waals surface area (Å²) in [5.41, 5.74) is 2.38. The lowest BCUT2D eigenvalue weighted by Gasteiger charge is -2.33. The Balaban J connectivity index is 1.57. The van der Waals surface area contributed by atoms with Crippen LogP contribution in [0.1, 0.15) is 59.2 Å². The van der Waals surface area contributed by atoms with E-state index in [0.29, 0.717) is 15.6 Å². The zero-order valence-corrected chi connectivity index (χ0v) is 17.6. The van der Waals surface area contributed by atoms with Crippen molar-refractivity contribution in [2.45, 2.75) is 38.5 Å². The summed E-state index contributed by atoms with van der Waals surface area (Å²) in [6, 6.07) is 9.94. The van der Waals surface area contributed by atoms with E-state index in [2.05, 4.69) is 0 Å². The standard InChI is InChI=1S/C23H23Cl2NO3/c24-18-12-17(15-4-6-16(7-5-15)22(28)29)13-19(25)20(18)21(27)26-11-10-23(14-26)8-2-1-3-9-23/h4-7,12-13H,1-3,8-11,14H2,(H,28,29). The van der Waals surface area contributed by atoms with Crippen molar-refractivity contribution in [1.82, 2.24) is 4.90 Å². The number of likely N-dealkylation sites (tertiary alicyclic amines) is 1. The van der Waals surface area contributed by atoms with Crippen molar-refractivity contribution in [3.63, 3.8) is 0 Å². The highest BCUT2D eigenvalue weighted by Crippen LogP contribution is 2.44. The average Bonchev–Trinajstić information content (AvgIpc) is 3.11. The molecule has 1 saturated carbocycles. The molecule has 1 saturated heterocycles. The summed E-state index contributed by atoms with van der Waals surface area (Å²) in [4.78, 5) is 26.1. The van der Waals surface area contributed by atoms with Crippen molar-refractivity contribution < 1.29 is 14.7 Å². The van der Waals surface area contributed by atoms with Gasteiger partial charge in [0.1, 0.15) is 0 Å². The van der Waals surface area contributed by atoms with Gasteiger partial charge in [0.15, 0.2) is 0 Å². The SMILES string of the molecule is O=C(O)c1ccc(-c2cc(Cl)c(C(=O)N3CCC4(CCCCC4)C3)c(Cl)c2)cc1. The third-order valence-corrected chi connectivity index (χ3v) is 6.96. The number of nitrogens with zero attached hydrogens (tertiary/aromatic N) is 1. The zero-order chi connectivity index (χ0) is 20.6. The second kappa shape index (κ2) is 8.00. The summed E-state index contributed by atoms with van der Waals surface area (Å²) in [5.74, 6) is -1.08. The lowest BCUT2D eigenvalue weighted by molar-refractivity contribution is 0.0695. The van der Waals surface area contributed by atoms with Crippen LogP contribution in [0.25, 0.3) is 11.1 Å². The summed E-state index contributed by atoms with van der Waals surface area (Å²) < 4.78 is 0. The highest BCUT2D eigenvalue weighted by molar-refractivity contribution is 6.40. The molecule has 0 atom stereocenters. The van der Waals surface area contributed by atoms with Gasteiger partial charge >= 0.3 is 5.97 Å². The number of amides is 1. The van der Waals surface area contributed by atoms with Crippen LogP contribution in [-0.4, -0.2) is 35.0 Å². The number of carboxylic acids is 1. The maximum absolute atomic E-state index is 13.2. The fraction of sp³-hybridized carbons (Fsp3) is 0.391. The third-order valence-electron chi connectivity index (χ3n) is 6.36. The fourth-order valence-electron chi connectivity index (χ4n) is 4.73. The first-order chi connectivity index (χ1) is 13.9. The number of carbonyl (C=O) groups is 2. The Kier molecular flexibility index (Phi) is 5.58. The lowest BCUT2D eigenvalue weighted by Crippen LogP contribution is -2.33. The van der Waals surface area contributed by atoms with E-state index in [-0.39, 0.29) is 16.9 Å². The Hall–Kier alpha value is -2.04. The van der Waals surface area contributed by atoms with Crippen LogP contribution in [-0.2, 0) is 0 Å². The number of hydrogen-bond donors (Lipinski definition) is 1. The first kappa shape index (κ1) is 20.2. The van der Waals surface area contributed by atoms with Crippen LogP contribution in [0, 0.1) is 5.41 Å². The van der Waals surface area contributed by atoms with Crippen molar-refractivity contribution in [3.05, 3.63) is 57.6 Å². The van der Waals surface area contributed by atoms with Crippen molar-refractivity contribution in [1.29, 1.82) is 0 Å². The summed E-state index contributed by atoms with van der Waals surface area (Å²) in [7, 11) is 0. The monoisotopic (exact) mass is 431 g/mol. The summed E-state index contributed by atoms with van der Waals surface area (Å²) in [6.07, 6.45) is 7.25. The van der Waals surface area contributed by atoms with Gasteiger partial charge in [-0.05, 0) is 60.1 Å². The van der Waals surface area contributed by atoms with Gasteiger partial charge in [-0.25, -0.2) is 4.79 Å². The zero-order valence-electron chi connectivity index (χ0n) is 16.1. The molecule has 1 aliphatic carbocycles. The van der Waals surface area contributed by atoms with Gasteiger partial charge in [-0.1, -0.05) is 54.6 Å². The molecule has 2 aliphatic rings. The van der Waals surface area contributed by atoms with Gasteiger partial charge in [0.05, 0.1) is 21.2 Å². The van der Waals surface area contributed by atoms with E-state index in [0.717, 1.165) is 30.6 Å². The molecule has 2 aromatic rings. The second-order valence-corrected chi connectivity index (χ2v) is 9.05. The third kappa shape index (κ3) is 4.01. The Bertz CT molecular complexity index is 926. The molecule has 0 unspecified atom stereocenters. The van der Waals surface area contributed by atoms with Crippen LogP contribution in [0.4, 0.5) is 0 Å². The molecule has 1 amide bonds. The molecule has 2 aromatic carbocycles. The van der Waals surface area contributed by atoms with E-state index in [1.165, 1.54) is 44.2 Å². The van der Waals surface area contributed by atoms with Gasteiger partial charge in [-0.15, -0.1) is 0 Å². The first-order valence-electron chi connectivity index (χ1n) is 10.0. The van der Waals surface area contributed by atoms with Crippen LogP contribution in [0.2, 0.25) is 10.0 Å². The van der Waals surface area contributed by atoms with Crippen LogP contribution < -0.4 is 0 Å². The Morgan fingerprint density at radius 3 is 2.10 bits per heavy atom. The van der Waals surface area contributed by atoms with E-state index in [9.17, 15) is 9.59 Å². The molecule has 0 aromatic heterocycles. The van der Waals surface area contributed by atoms with E-state index in [1.807, 2.05) is 4.90 Å². The van der Waals surface area contributed by atoms with Gasteiger partial charge in [0.25, 0.3) is 5.91 Å². The molecule has 1 aliphatic heterocycles. The largest absolute Gasteiger partial charge is 0.478 e. The lowest BCUT2D eigenvalue weighted by atomic mass is 9.73. The topological polar surface area (TPSA) is 57.6 Å². The fourth-order valence-corrected chi connectivity index (χ4v) is 5.37. The van der Waals surface area contributed by atoms with Gasteiger partial charge in [-0.2, -0.15) is 0 Å². The number of carboxylic acid groups (broad SMARTS) is 1. The minimum atomic E-state index is -0.977. The van der Waals surface area contributed by atoms with Crippen molar-refractivity contribution in [3.8, 4) is 11.1 Å². The number of halogens is 2. The maximum atomic E-state index is 13.2. The van der Waals surface area contributed by atoms with E-state index in [1.54, 1.807) is 24.3 Å². The molecular formula is C23H23Cl2NO3. The molecule has 6 heteroatoms. The van der Waals surface area contributed by atoms with E-state index in [4.69, 9.17) is 28.3 Å². The van der Waals surface area contributed by atoms with E-state index >= 15 is 0 Å². The van der Waals surface area contributed by atoms with Gasteiger partial charge in [-0.3, -0.25) is 4.79 Å². The second-order valence-electron chi connectivity index (χ2n) is 8.23. The van der Waals surface area contributed by atoms with Crippen LogP contribution >= 0.6 is 23.2 Å². The molecular weight excluding hydrogens is 409 g/mol. The van der Waals surface area contributed by atoms with Crippen LogP contribution in [0.5, 0.6) is 0 Å². The van der Waals surface area contributed by atoms with Crippen LogP contribution in [0.3, 0.4) is 0 Å². The number of aromatic carboxylic acids is 1. The van der Waals surface area contributed by atoms with Gasteiger partial charge in [0.2, 0.25) is 0 Å². The maximum Gasteiger partial charge on any atom is 0.335 e. The minimum Gasteiger partial charge on any atom is -0.478 e. The highest BCUT2D eigenvalue weighted by Gasteiger charge is 2.41. The minimum absolute atomic E-state index is 0.102. The predicted octanol–water partition coefficient (Wildman–Crippen LogP) is 6.16. The first-order valence-corrected chi connectivity index (χ1v) is 10.8. The van der Waals surface area contributed by atoms with Gasteiger partial charge in [0, 0.05) is 13.1 Å². The highest BCUT2D eigenvalue weighted by atomic mass is 35.5. The average molecular weight is 432 g/mol. The van der Waals surface area contributed by atoms with Crippen molar-refractivity contribution in [2.75, 3.05) is 13.1 Å². The molecule has 0 bridgehead atoms. The van der Waals surface area contributed by atoms with Crippen LogP contribution in [0.15, 0.2) is 36.4 Å². The summed E-state index contributed by atoms with van der Waals surface area (Å²) in [5, 5.41) is 9.69. The van der Waals surface area contributed by atoms with E-state index < -0.39 is 5.97 Å². The van der Waals surface area contributed by atoms with Gasteiger partial charge < -0.3 is 10.0 Å². The molecule has 0 radical (unpaired) electrons. The molecule has 29 heavy (non-hydrogen) atoms. The quantitative estimate of drug-likeness (QED) is 0.633. The Morgan fingerprint density at radius 1 is 0.897 bits per heavy atom. The van der Waals surface area contributed by atoms with Crippen molar-refractivity contribution >= 4 is 35.1 Å². The molecule has 4 nitrogen and oxygen atoms in total. The Labute approximate surface area is 180 Å². The van der Waals surface area contributed by atoms with Crippen molar-refractivity contribution in [2.24, 2.45) is 5.41 Å². The molecule has 1 spiro atoms. The molecule has 152 valence electrons. The number of rotatable bonds is 3. The summed E-state index contributed by atoms with van der Waals surface area (Å²) >= 11 is 13.0. The molecule has 1 N–H and O–H groups in total. The Morgan fingerprint density at radius 2 is 1.52 bits per heavy atom. The molecule has 4 rings (SSSR count). The number of benzene rings is 2. The molecule has 2 fully saturated rings. The summed E-state index contributed by atoms with van der Waals surface area (Å²) in [6.45, 7) is 1.54. The number of hydrogen-bond acceptors (Lipinski definition) is 2. The normalized spacial score (nSPS) is 18.2. The number of carbonyl (C=O) groups excluding carboxylic acids is 1. The molecule has 1 heterocycles. The predicted molar refractivity (Wildman–Crippen MR) is 115 cm³/mol. The smallest absolute Gasteiger partial charge is 0.335 e.